The van der Waals surface area contributed by atoms with Crippen LogP contribution in [0.4, 0.5) is 15.6 Å². The van der Waals surface area contributed by atoms with Crippen LogP contribution in [0.15, 0.2) is 60.0 Å². The summed E-state index contributed by atoms with van der Waals surface area (Å²) in [6.07, 6.45) is -1.74. The van der Waals surface area contributed by atoms with Crippen molar-refractivity contribution in [1.82, 2.24) is 9.88 Å². The smallest absolute Gasteiger partial charge is 0.407 e. The number of carbonyl (C=O) groups excluding carboxylic acids is 2. The average molecular weight is 485 g/mol. The SMILES string of the molecule is Nc1nc(C(=O)C(=O)Nc2ccc(CCN(CC(O)COc3ccccc3)C(=O)O)cc2)cs1. The Labute approximate surface area is 199 Å². The first-order valence-electron chi connectivity index (χ1n) is 10.3. The van der Waals surface area contributed by atoms with Gasteiger partial charge in [-0.25, -0.2) is 9.78 Å². The maximum Gasteiger partial charge on any atom is 0.407 e. The highest BCUT2D eigenvalue weighted by molar-refractivity contribution is 7.13. The first-order valence-corrected chi connectivity index (χ1v) is 11.2. The molecule has 3 aromatic rings. The number of carboxylic acid groups (broad SMARTS) is 1. The molecule has 0 aliphatic heterocycles. The van der Waals surface area contributed by atoms with Gasteiger partial charge in [-0.2, -0.15) is 0 Å². The highest BCUT2D eigenvalue weighted by Crippen LogP contribution is 2.15. The van der Waals surface area contributed by atoms with Crippen molar-refractivity contribution >= 4 is 39.9 Å². The topological polar surface area (TPSA) is 155 Å². The van der Waals surface area contributed by atoms with Crippen molar-refractivity contribution in [3.05, 3.63) is 71.2 Å². The number of Topliss-reactive ketones (excluding diaryl/α,β-unsaturated/α-hetero) is 1. The lowest BCUT2D eigenvalue weighted by molar-refractivity contribution is -0.112. The van der Waals surface area contributed by atoms with Gasteiger partial charge in [0.2, 0.25) is 0 Å². The van der Waals surface area contributed by atoms with Gasteiger partial charge in [0.25, 0.3) is 11.7 Å². The summed E-state index contributed by atoms with van der Waals surface area (Å²) in [5.41, 5.74) is 6.70. The number of nitrogen functional groups attached to an aromatic ring is 1. The molecule has 1 aromatic heterocycles. The normalized spacial score (nSPS) is 11.4. The van der Waals surface area contributed by atoms with Crippen LogP contribution in [0.5, 0.6) is 5.75 Å². The van der Waals surface area contributed by atoms with E-state index >= 15 is 0 Å². The quantitative estimate of drug-likeness (QED) is 0.239. The van der Waals surface area contributed by atoms with Gasteiger partial charge >= 0.3 is 6.09 Å². The van der Waals surface area contributed by atoms with Crippen molar-refractivity contribution < 1.29 is 29.3 Å². The lowest BCUT2D eigenvalue weighted by Crippen LogP contribution is -2.40. The highest BCUT2D eigenvalue weighted by Gasteiger charge is 2.20. The van der Waals surface area contributed by atoms with Gasteiger partial charge in [-0.3, -0.25) is 9.59 Å². The van der Waals surface area contributed by atoms with E-state index in [1.54, 1.807) is 48.5 Å². The van der Waals surface area contributed by atoms with E-state index in [0.29, 0.717) is 17.9 Å². The van der Waals surface area contributed by atoms with Gasteiger partial charge in [0, 0.05) is 17.6 Å². The largest absolute Gasteiger partial charge is 0.491 e. The van der Waals surface area contributed by atoms with Crippen molar-refractivity contribution in [3.63, 3.8) is 0 Å². The number of nitrogens with zero attached hydrogens (tertiary/aromatic N) is 2. The van der Waals surface area contributed by atoms with Crippen molar-refractivity contribution in [2.45, 2.75) is 12.5 Å². The maximum atomic E-state index is 12.1. The summed E-state index contributed by atoms with van der Waals surface area (Å²) in [5.74, 6) is -1.03. The number of anilines is 2. The third-order valence-electron chi connectivity index (χ3n) is 4.73. The van der Waals surface area contributed by atoms with Gasteiger partial charge in [-0.15, -0.1) is 11.3 Å². The molecular weight excluding hydrogens is 460 g/mol. The molecule has 34 heavy (non-hydrogen) atoms. The van der Waals surface area contributed by atoms with E-state index in [9.17, 15) is 24.6 Å². The van der Waals surface area contributed by atoms with Crippen LogP contribution in [0.1, 0.15) is 16.1 Å². The Morgan fingerprint density at radius 1 is 1.12 bits per heavy atom. The molecule has 1 heterocycles. The Morgan fingerprint density at radius 3 is 2.44 bits per heavy atom. The molecule has 0 saturated carbocycles. The average Bonchev–Trinajstić information content (AvgIpc) is 3.27. The summed E-state index contributed by atoms with van der Waals surface area (Å²) < 4.78 is 5.46. The minimum Gasteiger partial charge on any atom is -0.491 e. The van der Waals surface area contributed by atoms with Crippen LogP contribution in [0.3, 0.4) is 0 Å². The molecule has 2 amide bonds. The van der Waals surface area contributed by atoms with E-state index in [1.807, 2.05) is 6.07 Å². The minimum atomic E-state index is -1.15. The molecule has 1 atom stereocenters. The number of aliphatic hydroxyl groups excluding tert-OH is 1. The monoisotopic (exact) mass is 484 g/mol. The zero-order valence-corrected chi connectivity index (χ0v) is 18.9. The lowest BCUT2D eigenvalue weighted by atomic mass is 10.1. The van der Waals surface area contributed by atoms with Gasteiger partial charge in [0.1, 0.15) is 24.2 Å². The molecule has 0 saturated heterocycles. The molecule has 0 spiro atoms. The Bertz CT molecular complexity index is 1120. The number of carbonyl (C=O) groups is 3. The third kappa shape index (κ3) is 7.29. The van der Waals surface area contributed by atoms with E-state index < -0.39 is 23.9 Å². The number of para-hydroxylation sites is 1. The fourth-order valence-corrected chi connectivity index (χ4v) is 3.54. The second-order valence-electron chi connectivity index (χ2n) is 7.31. The van der Waals surface area contributed by atoms with Crippen LogP contribution in [-0.2, 0) is 11.2 Å². The molecule has 5 N–H and O–H groups in total. The Balaban J connectivity index is 1.47. The second-order valence-corrected chi connectivity index (χ2v) is 8.20. The van der Waals surface area contributed by atoms with Gasteiger partial charge in [-0.1, -0.05) is 30.3 Å². The van der Waals surface area contributed by atoms with E-state index in [0.717, 1.165) is 21.8 Å². The molecule has 0 aliphatic rings. The van der Waals surface area contributed by atoms with Crippen molar-refractivity contribution in [1.29, 1.82) is 0 Å². The number of ketones is 1. The Kier molecular flexibility index (Phi) is 8.54. The number of nitrogens with one attached hydrogen (secondary N) is 1. The molecule has 0 aliphatic carbocycles. The van der Waals surface area contributed by atoms with Gasteiger partial charge < -0.3 is 30.9 Å². The summed E-state index contributed by atoms with van der Waals surface area (Å²) in [6, 6.07) is 15.6. The Hall–Kier alpha value is -3.96. The predicted molar refractivity (Wildman–Crippen MR) is 127 cm³/mol. The van der Waals surface area contributed by atoms with Crippen molar-refractivity contribution in [2.75, 3.05) is 30.7 Å². The molecular formula is C23H24N4O6S. The number of ether oxygens (including phenoxy) is 1. The maximum absolute atomic E-state index is 12.1. The lowest BCUT2D eigenvalue weighted by Gasteiger charge is -2.22. The number of rotatable bonds is 11. The van der Waals surface area contributed by atoms with Gasteiger partial charge in [-0.05, 0) is 36.2 Å². The fourth-order valence-electron chi connectivity index (χ4n) is 3.00. The third-order valence-corrected chi connectivity index (χ3v) is 5.40. The van der Waals surface area contributed by atoms with Crippen LogP contribution in [0, 0.1) is 0 Å². The zero-order chi connectivity index (χ0) is 24.5. The predicted octanol–water partition coefficient (Wildman–Crippen LogP) is 2.51. The van der Waals surface area contributed by atoms with Gasteiger partial charge in [0.15, 0.2) is 5.13 Å². The number of thiazole rings is 1. The Morgan fingerprint density at radius 2 is 1.82 bits per heavy atom. The second kappa shape index (κ2) is 11.8. The number of benzene rings is 2. The number of hydrogen-bond acceptors (Lipinski definition) is 8. The molecule has 0 fully saturated rings. The van der Waals surface area contributed by atoms with E-state index in [1.165, 1.54) is 5.38 Å². The fraction of sp³-hybridized carbons (Fsp3) is 0.217. The van der Waals surface area contributed by atoms with Gasteiger partial charge in [0.05, 0.1) is 6.54 Å². The number of amides is 2. The van der Waals surface area contributed by atoms with Crippen molar-refractivity contribution in [2.24, 2.45) is 0 Å². The van der Waals surface area contributed by atoms with E-state index in [-0.39, 0.29) is 30.5 Å². The van der Waals surface area contributed by atoms with Crippen LogP contribution in [-0.4, -0.2) is 63.7 Å². The summed E-state index contributed by atoms with van der Waals surface area (Å²) in [7, 11) is 0. The molecule has 0 bridgehead atoms. The van der Waals surface area contributed by atoms with E-state index in [4.69, 9.17) is 10.5 Å². The first kappa shape index (κ1) is 24.7. The number of hydrogen-bond donors (Lipinski definition) is 4. The number of aliphatic hydroxyl groups is 1. The van der Waals surface area contributed by atoms with Crippen LogP contribution < -0.4 is 15.8 Å². The summed E-state index contributed by atoms with van der Waals surface area (Å²) in [5, 5.41) is 23.7. The highest BCUT2D eigenvalue weighted by atomic mass is 32.1. The molecule has 0 radical (unpaired) electrons. The first-order chi connectivity index (χ1) is 16.3. The summed E-state index contributed by atoms with van der Waals surface area (Å²) in [4.78, 5) is 40.7. The number of aromatic nitrogens is 1. The van der Waals surface area contributed by atoms with Crippen LogP contribution >= 0.6 is 11.3 Å². The standard InChI is InChI=1S/C23H24N4O6S/c24-22-26-19(14-34-22)20(29)21(30)25-16-8-6-15(7-9-16)10-11-27(23(31)32)12-17(28)13-33-18-4-2-1-3-5-18/h1-9,14,17,28H,10-13H2,(H2,24,26)(H,25,30)(H,31,32). The molecule has 3 rings (SSSR count). The molecule has 2 aromatic carbocycles. The number of nitrogens with two attached hydrogens (primary N) is 1. The summed E-state index contributed by atoms with van der Waals surface area (Å²) in [6.45, 7) is 0.0289. The van der Waals surface area contributed by atoms with Crippen LogP contribution in [0.2, 0.25) is 0 Å². The zero-order valence-electron chi connectivity index (χ0n) is 18.1. The van der Waals surface area contributed by atoms with Crippen LogP contribution in [0.25, 0.3) is 0 Å². The molecule has 11 heteroatoms. The van der Waals surface area contributed by atoms with Crippen molar-refractivity contribution in [3.8, 4) is 5.75 Å². The molecule has 178 valence electrons. The summed E-state index contributed by atoms with van der Waals surface area (Å²) >= 11 is 1.07. The van der Waals surface area contributed by atoms with E-state index in [2.05, 4.69) is 10.3 Å². The minimum absolute atomic E-state index is 0.0123. The molecule has 10 nitrogen and oxygen atoms in total. The molecule has 1 unspecified atom stereocenters.